The molecule has 23 heavy (non-hydrogen) atoms. The number of nitrogens with one attached hydrogen (secondary N) is 1. The number of amides is 1. The van der Waals surface area contributed by atoms with Crippen molar-refractivity contribution in [1.82, 2.24) is 25.2 Å². The summed E-state index contributed by atoms with van der Waals surface area (Å²) >= 11 is 0. The minimum absolute atomic E-state index is 0.0301. The van der Waals surface area contributed by atoms with Crippen LogP contribution in [0.5, 0.6) is 0 Å². The number of rotatable bonds is 2. The van der Waals surface area contributed by atoms with Crippen LogP contribution in [-0.4, -0.2) is 63.7 Å². The number of hydrogen-bond donors (Lipinski definition) is 1. The summed E-state index contributed by atoms with van der Waals surface area (Å²) in [6.07, 6.45) is 2.08. The highest BCUT2D eigenvalue weighted by molar-refractivity contribution is 5.93. The van der Waals surface area contributed by atoms with E-state index >= 15 is 0 Å². The predicted octanol–water partition coefficient (Wildman–Crippen LogP) is 1.15. The molecule has 1 N–H and O–H groups in total. The molecule has 128 valence electrons. The Kier molecular flexibility index (Phi) is 4.42. The summed E-state index contributed by atoms with van der Waals surface area (Å²) in [4.78, 5) is 14.7. The van der Waals surface area contributed by atoms with Crippen LogP contribution < -0.4 is 5.32 Å². The van der Waals surface area contributed by atoms with Gasteiger partial charge in [-0.25, -0.2) is 4.68 Å². The van der Waals surface area contributed by atoms with Crippen molar-refractivity contribution >= 4 is 5.91 Å². The summed E-state index contributed by atoms with van der Waals surface area (Å²) in [5, 5.41) is 11.8. The van der Waals surface area contributed by atoms with Gasteiger partial charge in [0.05, 0.1) is 23.4 Å². The van der Waals surface area contributed by atoms with E-state index in [-0.39, 0.29) is 17.6 Å². The van der Waals surface area contributed by atoms with E-state index in [1.807, 2.05) is 37.3 Å². The maximum Gasteiger partial charge on any atom is 0.276 e. The van der Waals surface area contributed by atoms with Crippen LogP contribution in [0.15, 0.2) is 0 Å². The molecule has 1 atom stereocenters. The number of nitrogens with zero attached hydrogens (tertiary/aromatic N) is 4. The molecule has 7 heteroatoms. The van der Waals surface area contributed by atoms with Gasteiger partial charge < -0.3 is 15.0 Å². The number of ether oxygens (including phenoxy) is 1. The van der Waals surface area contributed by atoms with Gasteiger partial charge in [0.1, 0.15) is 0 Å². The van der Waals surface area contributed by atoms with Crippen molar-refractivity contribution in [3.05, 3.63) is 11.4 Å². The van der Waals surface area contributed by atoms with E-state index in [0.29, 0.717) is 24.8 Å². The minimum Gasteiger partial charge on any atom is -0.369 e. The first kappa shape index (κ1) is 16.4. The third-order valence-corrected chi connectivity index (χ3v) is 4.64. The fourth-order valence-electron chi connectivity index (χ4n) is 3.69. The normalized spacial score (nSPS) is 25.6. The molecular weight excluding hydrogens is 294 g/mol. The number of carbonyl (C=O) groups excluding carboxylic acids is 1. The lowest BCUT2D eigenvalue weighted by atomic mass is 10.0. The van der Waals surface area contributed by atoms with Crippen molar-refractivity contribution in [2.45, 2.75) is 58.3 Å². The molecule has 2 aliphatic rings. The Morgan fingerprint density at radius 1 is 1.35 bits per heavy atom. The molecule has 0 radical (unpaired) electrons. The lowest BCUT2D eigenvalue weighted by molar-refractivity contribution is -0.119. The van der Waals surface area contributed by atoms with Gasteiger partial charge >= 0.3 is 0 Å². The van der Waals surface area contributed by atoms with Crippen molar-refractivity contribution in [2.24, 2.45) is 0 Å². The van der Waals surface area contributed by atoms with Gasteiger partial charge in [-0.2, -0.15) is 0 Å². The maximum atomic E-state index is 12.9. The molecule has 2 fully saturated rings. The van der Waals surface area contributed by atoms with Gasteiger partial charge in [-0.3, -0.25) is 4.79 Å². The van der Waals surface area contributed by atoms with Crippen LogP contribution in [-0.2, 0) is 4.74 Å². The summed E-state index contributed by atoms with van der Waals surface area (Å²) in [5.74, 6) is -0.0362. The highest BCUT2D eigenvalue weighted by Gasteiger charge is 2.36. The van der Waals surface area contributed by atoms with Crippen molar-refractivity contribution in [3.8, 4) is 0 Å². The molecular formula is C16H27N5O2. The molecule has 7 nitrogen and oxygen atoms in total. The molecule has 2 aliphatic heterocycles. The second-order valence-electron chi connectivity index (χ2n) is 7.32. The van der Waals surface area contributed by atoms with Crippen LogP contribution in [0.25, 0.3) is 0 Å². The molecule has 1 unspecified atom stereocenters. The van der Waals surface area contributed by atoms with E-state index in [4.69, 9.17) is 4.74 Å². The molecule has 3 rings (SSSR count). The van der Waals surface area contributed by atoms with Gasteiger partial charge in [0.2, 0.25) is 0 Å². The second-order valence-corrected chi connectivity index (χ2v) is 7.32. The van der Waals surface area contributed by atoms with Crippen molar-refractivity contribution in [3.63, 3.8) is 0 Å². The van der Waals surface area contributed by atoms with Crippen LogP contribution in [0.2, 0.25) is 0 Å². The summed E-state index contributed by atoms with van der Waals surface area (Å²) < 4.78 is 7.81. The summed E-state index contributed by atoms with van der Waals surface area (Å²) in [6.45, 7) is 11.1. The van der Waals surface area contributed by atoms with Crippen LogP contribution in [0.1, 0.15) is 55.8 Å². The zero-order valence-electron chi connectivity index (χ0n) is 14.5. The van der Waals surface area contributed by atoms with E-state index in [1.165, 1.54) is 0 Å². The van der Waals surface area contributed by atoms with Crippen molar-refractivity contribution in [1.29, 1.82) is 0 Å². The summed E-state index contributed by atoms with van der Waals surface area (Å²) in [7, 11) is 0. The fraction of sp³-hybridized carbons (Fsp3) is 0.812. The van der Waals surface area contributed by atoms with Gasteiger partial charge in [0.25, 0.3) is 5.91 Å². The van der Waals surface area contributed by atoms with Gasteiger partial charge in [-0.05, 0) is 53.6 Å². The average Bonchev–Trinajstić information content (AvgIpc) is 2.87. The SMILES string of the molecule is Cc1c(C(=O)N2CC(C)OC(C)(C)C2)nnn1C1CCNCC1. The zero-order valence-corrected chi connectivity index (χ0v) is 14.5. The molecule has 0 saturated carbocycles. The van der Waals surface area contributed by atoms with Crippen molar-refractivity contribution in [2.75, 3.05) is 26.2 Å². The summed E-state index contributed by atoms with van der Waals surface area (Å²) in [5.41, 5.74) is 1.03. The number of carbonyl (C=O) groups is 1. The first-order valence-corrected chi connectivity index (χ1v) is 8.47. The van der Waals surface area contributed by atoms with E-state index in [1.54, 1.807) is 0 Å². The monoisotopic (exact) mass is 321 g/mol. The van der Waals surface area contributed by atoms with E-state index in [2.05, 4.69) is 15.6 Å². The Morgan fingerprint density at radius 3 is 2.70 bits per heavy atom. The molecule has 1 amide bonds. The molecule has 0 aromatic carbocycles. The minimum atomic E-state index is -0.327. The predicted molar refractivity (Wildman–Crippen MR) is 86.4 cm³/mol. The molecule has 1 aromatic heterocycles. The second kappa shape index (κ2) is 6.20. The number of aromatic nitrogens is 3. The van der Waals surface area contributed by atoms with Crippen LogP contribution >= 0.6 is 0 Å². The lowest BCUT2D eigenvalue weighted by Gasteiger charge is -2.41. The van der Waals surface area contributed by atoms with Gasteiger partial charge in [0, 0.05) is 13.1 Å². The number of hydrogen-bond acceptors (Lipinski definition) is 5. The Bertz CT molecular complexity index is 577. The first-order chi connectivity index (χ1) is 10.9. The quantitative estimate of drug-likeness (QED) is 0.885. The zero-order chi connectivity index (χ0) is 16.6. The fourth-order valence-corrected chi connectivity index (χ4v) is 3.69. The van der Waals surface area contributed by atoms with Gasteiger partial charge in [0.15, 0.2) is 5.69 Å². The largest absolute Gasteiger partial charge is 0.369 e. The topological polar surface area (TPSA) is 72.3 Å². The standard InChI is InChI=1S/C16H27N5O2/c1-11-9-20(10-16(3,4)23-11)15(22)14-12(2)21(19-18-14)13-5-7-17-8-6-13/h11,13,17H,5-10H2,1-4H3. The molecule has 0 bridgehead atoms. The Morgan fingerprint density at radius 2 is 2.04 bits per heavy atom. The van der Waals surface area contributed by atoms with Gasteiger partial charge in [-0.1, -0.05) is 5.21 Å². The molecule has 0 aliphatic carbocycles. The molecule has 2 saturated heterocycles. The highest BCUT2D eigenvalue weighted by Crippen LogP contribution is 2.24. The van der Waals surface area contributed by atoms with Crippen molar-refractivity contribution < 1.29 is 9.53 Å². The molecule has 0 spiro atoms. The number of piperidine rings is 1. The van der Waals surface area contributed by atoms with Crippen LogP contribution in [0, 0.1) is 6.92 Å². The van der Waals surface area contributed by atoms with E-state index < -0.39 is 0 Å². The first-order valence-electron chi connectivity index (χ1n) is 8.47. The van der Waals surface area contributed by atoms with E-state index in [0.717, 1.165) is 31.6 Å². The highest BCUT2D eigenvalue weighted by atomic mass is 16.5. The van der Waals surface area contributed by atoms with Crippen LogP contribution in [0.3, 0.4) is 0 Å². The Hall–Kier alpha value is -1.47. The van der Waals surface area contributed by atoms with E-state index in [9.17, 15) is 4.79 Å². The Balaban J connectivity index is 1.78. The smallest absolute Gasteiger partial charge is 0.276 e. The Labute approximate surface area is 137 Å². The average molecular weight is 321 g/mol. The lowest BCUT2D eigenvalue weighted by Crippen LogP contribution is -2.54. The third-order valence-electron chi connectivity index (χ3n) is 4.64. The van der Waals surface area contributed by atoms with Crippen LogP contribution in [0.4, 0.5) is 0 Å². The van der Waals surface area contributed by atoms with Gasteiger partial charge in [-0.15, -0.1) is 5.10 Å². The molecule has 3 heterocycles. The molecule has 1 aromatic rings. The number of morpholine rings is 1. The maximum absolute atomic E-state index is 12.9. The summed E-state index contributed by atoms with van der Waals surface area (Å²) in [6, 6.07) is 0.338. The third kappa shape index (κ3) is 3.40.